The molecule has 0 aliphatic carbocycles. The number of nitrogens with zero attached hydrogens (tertiary/aromatic N) is 1. The first-order valence-corrected chi connectivity index (χ1v) is 7.83. The van der Waals surface area contributed by atoms with Gasteiger partial charge in [0.05, 0.1) is 10.6 Å². The summed E-state index contributed by atoms with van der Waals surface area (Å²) in [4.78, 5) is 0. The molecule has 5 heteroatoms. The highest BCUT2D eigenvalue weighted by Gasteiger charge is 2.21. The van der Waals surface area contributed by atoms with Gasteiger partial charge in [0, 0.05) is 15.7 Å². The molecule has 0 radical (unpaired) electrons. The molecule has 1 aliphatic heterocycles. The molecule has 0 saturated heterocycles. The van der Waals surface area contributed by atoms with Crippen molar-refractivity contribution in [1.29, 1.82) is 10.7 Å². The Bertz CT molecular complexity index is 788. The van der Waals surface area contributed by atoms with E-state index in [0.717, 1.165) is 21.3 Å². The number of nitriles is 1. The lowest BCUT2D eigenvalue weighted by Crippen LogP contribution is -2.12. The number of rotatable bonds is 1. The number of fused-ring (bicyclic) bond motifs is 1. The molecule has 0 atom stereocenters. The standard InChI is InChI=1S/C16H10BrN3S/c17-11-7-5-10(6-8-11)13(9-18)16-20-14-4-2-1-3-12(14)15(19)21-16/h1-8,19-20H/b16-13-,19-15?. The van der Waals surface area contributed by atoms with E-state index in [1.54, 1.807) is 0 Å². The lowest BCUT2D eigenvalue weighted by Gasteiger charge is -2.21. The molecule has 0 spiro atoms. The minimum atomic E-state index is 0.448. The van der Waals surface area contributed by atoms with Crippen LogP contribution >= 0.6 is 27.7 Å². The van der Waals surface area contributed by atoms with Crippen LogP contribution in [0.1, 0.15) is 11.1 Å². The Kier molecular flexibility index (Phi) is 3.82. The second kappa shape index (κ2) is 5.76. The van der Waals surface area contributed by atoms with Crippen molar-refractivity contribution in [2.75, 3.05) is 5.32 Å². The minimum absolute atomic E-state index is 0.448. The molecule has 0 bridgehead atoms. The van der Waals surface area contributed by atoms with Gasteiger partial charge in [-0.05, 0) is 23.8 Å². The monoisotopic (exact) mass is 355 g/mol. The number of para-hydroxylation sites is 1. The van der Waals surface area contributed by atoms with Crippen molar-refractivity contribution in [1.82, 2.24) is 0 Å². The van der Waals surface area contributed by atoms with E-state index in [9.17, 15) is 5.26 Å². The summed E-state index contributed by atoms with van der Waals surface area (Å²) in [7, 11) is 0. The molecular formula is C16H10BrN3S. The molecule has 2 aromatic carbocycles. The highest BCUT2D eigenvalue weighted by molar-refractivity contribution is 9.10. The fraction of sp³-hybridized carbons (Fsp3) is 0. The zero-order valence-electron chi connectivity index (χ0n) is 10.9. The molecule has 3 nitrogen and oxygen atoms in total. The lowest BCUT2D eigenvalue weighted by molar-refractivity contribution is 1.46. The molecule has 21 heavy (non-hydrogen) atoms. The van der Waals surface area contributed by atoms with Crippen LogP contribution in [0.15, 0.2) is 58.0 Å². The molecular weight excluding hydrogens is 346 g/mol. The molecule has 2 N–H and O–H groups in total. The van der Waals surface area contributed by atoms with E-state index in [0.29, 0.717) is 15.6 Å². The molecule has 0 fully saturated rings. The Morgan fingerprint density at radius 2 is 1.86 bits per heavy atom. The van der Waals surface area contributed by atoms with Crippen LogP contribution in [0.3, 0.4) is 0 Å². The predicted molar refractivity (Wildman–Crippen MR) is 91.2 cm³/mol. The highest BCUT2D eigenvalue weighted by Crippen LogP contribution is 2.37. The summed E-state index contributed by atoms with van der Waals surface area (Å²) >= 11 is 4.67. The van der Waals surface area contributed by atoms with Gasteiger partial charge in [0.25, 0.3) is 0 Å². The second-order valence-corrected chi connectivity index (χ2v) is 6.36. The summed E-state index contributed by atoms with van der Waals surface area (Å²) in [5.74, 6) is 0. The second-order valence-electron chi connectivity index (χ2n) is 4.42. The van der Waals surface area contributed by atoms with Gasteiger partial charge in [-0.25, -0.2) is 0 Å². The minimum Gasteiger partial charge on any atom is -0.348 e. The molecule has 102 valence electrons. The van der Waals surface area contributed by atoms with Crippen molar-refractivity contribution >= 4 is 44.0 Å². The third kappa shape index (κ3) is 2.73. The molecule has 0 amide bonds. The van der Waals surface area contributed by atoms with E-state index in [1.807, 2.05) is 48.5 Å². The van der Waals surface area contributed by atoms with Crippen LogP contribution < -0.4 is 5.32 Å². The van der Waals surface area contributed by atoms with Gasteiger partial charge in [0.15, 0.2) is 0 Å². The maximum absolute atomic E-state index is 9.49. The quantitative estimate of drug-likeness (QED) is 0.720. The molecule has 0 unspecified atom stereocenters. The average Bonchev–Trinajstić information content (AvgIpc) is 2.50. The summed E-state index contributed by atoms with van der Waals surface area (Å²) in [6.45, 7) is 0. The number of halogens is 1. The van der Waals surface area contributed by atoms with E-state index >= 15 is 0 Å². The number of allylic oxidation sites excluding steroid dienone is 1. The lowest BCUT2D eigenvalue weighted by atomic mass is 10.1. The summed E-state index contributed by atoms with van der Waals surface area (Å²) in [6, 6.07) is 17.5. The maximum Gasteiger partial charge on any atom is 0.103 e. The van der Waals surface area contributed by atoms with Gasteiger partial charge in [-0.1, -0.05) is 58.0 Å². The van der Waals surface area contributed by atoms with Crippen LogP contribution in [0, 0.1) is 16.7 Å². The third-order valence-corrected chi connectivity index (χ3v) is 4.56. The predicted octanol–water partition coefficient (Wildman–Crippen LogP) is 4.83. The summed E-state index contributed by atoms with van der Waals surface area (Å²) in [6.07, 6.45) is 0. The molecule has 0 saturated carbocycles. The highest BCUT2D eigenvalue weighted by atomic mass is 79.9. The van der Waals surface area contributed by atoms with E-state index in [-0.39, 0.29) is 0 Å². The van der Waals surface area contributed by atoms with Gasteiger partial charge in [-0.3, -0.25) is 5.41 Å². The zero-order chi connectivity index (χ0) is 14.8. The van der Waals surface area contributed by atoms with Crippen molar-refractivity contribution < 1.29 is 0 Å². The Labute approximate surface area is 135 Å². The first kappa shape index (κ1) is 13.9. The molecule has 0 aromatic heterocycles. The normalized spacial score (nSPS) is 15.7. The van der Waals surface area contributed by atoms with Gasteiger partial charge in [-0.2, -0.15) is 5.26 Å². The van der Waals surface area contributed by atoms with E-state index in [2.05, 4.69) is 27.3 Å². The number of thioether (sulfide) groups is 1. The van der Waals surface area contributed by atoms with Crippen molar-refractivity contribution in [2.45, 2.75) is 0 Å². The first-order valence-electron chi connectivity index (χ1n) is 6.22. The number of nitrogens with one attached hydrogen (secondary N) is 2. The van der Waals surface area contributed by atoms with Gasteiger partial charge in [0.2, 0.25) is 0 Å². The van der Waals surface area contributed by atoms with E-state index in [1.165, 1.54) is 11.8 Å². The van der Waals surface area contributed by atoms with Crippen LogP contribution in [0.2, 0.25) is 0 Å². The smallest absolute Gasteiger partial charge is 0.103 e. The number of benzene rings is 2. The molecule has 1 heterocycles. The van der Waals surface area contributed by atoms with Crippen molar-refractivity contribution in [2.24, 2.45) is 0 Å². The fourth-order valence-corrected chi connectivity index (χ4v) is 3.25. The van der Waals surface area contributed by atoms with Crippen LogP contribution in [-0.4, -0.2) is 5.04 Å². The Hall–Kier alpha value is -2.03. The maximum atomic E-state index is 9.49. The molecule has 1 aliphatic rings. The summed E-state index contributed by atoms with van der Waals surface area (Å²) in [5.41, 5.74) is 3.11. The van der Waals surface area contributed by atoms with Gasteiger partial charge in [-0.15, -0.1) is 0 Å². The van der Waals surface area contributed by atoms with Crippen molar-refractivity contribution in [3.8, 4) is 6.07 Å². The third-order valence-electron chi connectivity index (χ3n) is 3.10. The van der Waals surface area contributed by atoms with Crippen molar-refractivity contribution in [3.05, 3.63) is 69.2 Å². The van der Waals surface area contributed by atoms with Gasteiger partial charge >= 0.3 is 0 Å². The van der Waals surface area contributed by atoms with E-state index < -0.39 is 0 Å². The number of hydrogen-bond acceptors (Lipinski definition) is 4. The zero-order valence-corrected chi connectivity index (χ0v) is 13.3. The summed E-state index contributed by atoms with van der Waals surface area (Å²) < 4.78 is 0.968. The molecule has 3 rings (SSSR count). The van der Waals surface area contributed by atoms with Crippen LogP contribution in [0.25, 0.3) is 5.57 Å². The number of anilines is 1. The van der Waals surface area contributed by atoms with E-state index in [4.69, 9.17) is 5.41 Å². The largest absolute Gasteiger partial charge is 0.348 e. The Balaban J connectivity index is 2.08. The van der Waals surface area contributed by atoms with Gasteiger partial charge < -0.3 is 5.32 Å². The number of hydrogen-bond donors (Lipinski definition) is 2. The van der Waals surface area contributed by atoms with Crippen LogP contribution in [-0.2, 0) is 0 Å². The molecule has 2 aromatic rings. The SMILES string of the molecule is N#C/C(=C1\Nc2ccccc2C(=N)S1)c1ccc(Br)cc1. The van der Waals surface area contributed by atoms with Crippen molar-refractivity contribution in [3.63, 3.8) is 0 Å². The Morgan fingerprint density at radius 3 is 2.57 bits per heavy atom. The van der Waals surface area contributed by atoms with Crippen LogP contribution in [0.5, 0.6) is 0 Å². The van der Waals surface area contributed by atoms with Crippen LogP contribution in [0.4, 0.5) is 5.69 Å². The first-order chi connectivity index (χ1) is 10.2. The van der Waals surface area contributed by atoms with Gasteiger partial charge in [0.1, 0.15) is 11.1 Å². The fourth-order valence-electron chi connectivity index (χ4n) is 2.07. The Morgan fingerprint density at radius 1 is 1.14 bits per heavy atom. The average molecular weight is 356 g/mol. The topological polar surface area (TPSA) is 59.7 Å². The summed E-state index contributed by atoms with van der Waals surface area (Å²) in [5, 5.41) is 22.0.